The summed E-state index contributed by atoms with van der Waals surface area (Å²) in [5, 5.41) is 24.5. The second kappa shape index (κ2) is 9.80. The average molecular weight is 528 g/mol. The topological polar surface area (TPSA) is 124 Å². The van der Waals surface area contributed by atoms with Gasteiger partial charge in [-0.15, -0.1) is 0 Å². The molecule has 0 radical (unpaired) electrons. The van der Waals surface area contributed by atoms with Crippen LogP contribution in [0.2, 0.25) is 0 Å². The first-order chi connectivity index (χ1) is 16.6. The quantitative estimate of drug-likeness (QED) is 0.368. The first-order valence-corrected chi connectivity index (χ1v) is 15.8. The molecular weight excluding hydrogens is 478 g/mol. The molecule has 4 rings (SSSR count). The highest BCUT2D eigenvalue weighted by Crippen LogP contribution is 2.68. The zero-order valence-corrected chi connectivity index (χ0v) is 23.7. The predicted molar refractivity (Wildman–Crippen MR) is 140 cm³/mol. The van der Waals surface area contributed by atoms with Gasteiger partial charge in [0.05, 0.1) is 23.5 Å². The number of hydrogen-bond donors (Lipinski definition) is 4. The number of amides is 1. The van der Waals surface area contributed by atoms with Gasteiger partial charge in [-0.25, -0.2) is 0 Å². The molecule has 0 aromatic carbocycles. The number of carbonyl (C=O) groups is 1. The van der Waals surface area contributed by atoms with Gasteiger partial charge in [-0.3, -0.25) is 9.35 Å². The Kier molecular flexibility index (Phi) is 7.71. The Hall–Kier alpha value is -0.700. The van der Waals surface area contributed by atoms with Gasteiger partial charge in [-0.2, -0.15) is 8.42 Å². The molecule has 8 heteroatoms. The van der Waals surface area contributed by atoms with Crippen LogP contribution >= 0.6 is 0 Å². The van der Waals surface area contributed by atoms with Crippen molar-refractivity contribution in [2.45, 2.75) is 117 Å². The molecule has 0 spiro atoms. The van der Waals surface area contributed by atoms with Crippen molar-refractivity contribution in [3.63, 3.8) is 0 Å². The third-order valence-electron chi connectivity index (χ3n) is 11.3. The van der Waals surface area contributed by atoms with Crippen molar-refractivity contribution in [3.05, 3.63) is 0 Å². The zero-order valence-electron chi connectivity index (χ0n) is 22.9. The van der Waals surface area contributed by atoms with Gasteiger partial charge in [-0.05, 0) is 118 Å². The molecule has 4 aliphatic rings. The van der Waals surface area contributed by atoms with Crippen molar-refractivity contribution >= 4 is 16.0 Å². The van der Waals surface area contributed by atoms with Crippen LogP contribution in [0.4, 0.5) is 0 Å². The van der Waals surface area contributed by atoms with Gasteiger partial charge >= 0.3 is 0 Å². The Labute approximate surface area is 217 Å². The van der Waals surface area contributed by atoms with Crippen molar-refractivity contribution in [3.8, 4) is 0 Å². The maximum absolute atomic E-state index is 12.6. The van der Waals surface area contributed by atoms with Crippen molar-refractivity contribution < 1.29 is 28.0 Å². The van der Waals surface area contributed by atoms with Crippen LogP contribution in [0.25, 0.3) is 0 Å². The molecule has 0 bridgehead atoms. The fraction of sp³-hybridized carbons (Fsp3) is 0.964. The summed E-state index contributed by atoms with van der Waals surface area (Å²) < 4.78 is 31.6. The monoisotopic (exact) mass is 527 g/mol. The van der Waals surface area contributed by atoms with E-state index in [2.05, 4.69) is 26.1 Å². The van der Waals surface area contributed by atoms with Gasteiger partial charge in [0.25, 0.3) is 10.1 Å². The summed E-state index contributed by atoms with van der Waals surface area (Å²) in [6.45, 7) is 10.3. The van der Waals surface area contributed by atoms with Gasteiger partial charge in [-0.1, -0.05) is 20.8 Å². The van der Waals surface area contributed by atoms with E-state index in [-0.39, 0.29) is 28.9 Å². The van der Waals surface area contributed by atoms with Gasteiger partial charge in [0.2, 0.25) is 5.91 Å². The molecule has 0 unspecified atom stereocenters. The van der Waals surface area contributed by atoms with E-state index in [1.807, 2.05) is 0 Å². The molecule has 7 nitrogen and oxygen atoms in total. The Balaban J connectivity index is 1.40. The van der Waals surface area contributed by atoms with Gasteiger partial charge in [0.1, 0.15) is 0 Å². The minimum absolute atomic E-state index is 0.166. The highest BCUT2D eigenvalue weighted by Gasteiger charge is 2.62. The molecule has 4 aliphatic carbocycles. The summed E-state index contributed by atoms with van der Waals surface area (Å²) in [5.74, 6) is 1.97. The lowest BCUT2D eigenvalue weighted by Crippen LogP contribution is -2.58. The standard InChI is InChI=1S/C28H49NO6S/c1-17(6-9-24(32)29-26(2,3)16-36(33,34)35)20-7-8-21-25-22(11-13-28(20,21)5)27(4)12-10-19(30)14-18(27)15-23(25)31/h17-23,25,30-31H,6-16H2,1-5H3,(H,29,32)(H,33,34,35)/t17-,18+,19-,20-,21+,22+,23+,25+,27+,28-/m1/s1. The fourth-order valence-corrected chi connectivity index (χ4v) is 10.7. The largest absolute Gasteiger partial charge is 0.393 e. The molecule has 208 valence electrons. The molecule has 4 saturated carbocycles. The van der Waals surface area contributed by atoms with Crippen LogP contribution in [-0.2, 0) is 14.9 Å². The highest BCUT2D eigenvalue weighted by atomic mass is 32.2. The van der Waals surface area contributed by atoms with E-state index in [1.165, 1.54) is 6.42 Å². The number of nitrogens with one attached hydrogen (secondary N) is 1. The number of fused-ring (bicyclic) bond motifs is 5. The van der Waals surface area contributed by atoms with Crippen LogP contribution < -0.4 is 5.32 Å². The molecule has 36 heavy (non-hydrogen) atoms. The van der Waals surface area contributed by atoms with E-state index in [0.29, 0.717) is 41.9 Å². The van der Waals surface area contributed by atoms with Crippen molar-refractivity contribution in [1.29, 1.82) is 0 Å². The fourth-order valence-electron chi connectivity index (χ4n) is 9.67. The number of rotatable bonds is 7. The van der Waals surface area contributed by atoms with Gasteiger partial charge in [0, 0.05) is 6.42 Å². The van der Waals surface area contributed by atoms with E-state index < -0.39 is 21.4 Å². The number of hydrogen-bond acceptors (Lipinski definition) is 5. The number of carbonyl (C=O) groups excluding carboxylic acids is 1. The van der Waals surface area contributed by atoms with Crippen LogP contribution in [0.3, 0.4) is 0 Å². The van der Waals surface area contributed by atoms with E-state index in [0.717, 1.165) is 51.4 Å². The average Bonchev–Trinajstić information content (AvgIpc) is 3.08. The summed E-state index contributed by atoms with van der Waals surface area (Å²) in [6, 6.07) is 0. The minimum atomic E-state index is -4.17. The van der Waals surface area contributed by atoms with Crippen LogP contribution in [0.1, 0.15) is 98.8 Å². The van der Waals surface area contributed by atoms with Gasteiger partial charge in [0.15, 0.2) is 0 Å². The Bertz CT molecular complexity index is 936. The molecule has 0 aliphatic heterocycles. The van der Waals surface area contributed by atoms with Crippen molar-refractivity contribution in [2.24, 2.45) is 46.3 Å². The van der Waals surface area contributed by atoms with Crippen molar-refractivity contribution in [1.82, 2.24) is 5.32 Å². The normalized spacial score (nSPS) is 43.7. The van der Waals surface area contributed by atoms with Crippen molar-refractivity contribution in [2.75, 3.05) is 5.75 Å². The maximum Gasteiger partial charge on any atom is 0.267 e. The maximum atomic E-state index is 12.6. The first-order valence-electron chi connectivity index (χ1n) is 14.2. The van der Waals surface area contributed by atoms with E-state index in [4.69, 9.17) is 4.55 Å². The van der Waals surface area contributed by atoms with Crippen LogP contribution in [0.15, 0.2) is 0 Å². The molecule has 1 amide bonds. The first kappa shape index (κ1) is 28.3. The lowest BCUT2D eigenvalue weighted by atomic mass is 9.43. The van der Waals surface area contributed by atoms with E-state index >= 15 is 0 Å². The number of aliphatic hydroxyl groups excluding tert-OH is 2. The molecule has 0 heterocycles. The van der Waals surface area contributed by atoms with Crippen LogP contribution in [0.5, 0.6) is 0 Å². The van der Waals surface area contributed by atoms with E-state index in [1.54, 1.807) is 13.8 Å². The summed E-state index contributed by atoms with van der Waals surface area (Å²) in [4.78, 5) is 12.6. The van der Waals surface area contributed by atoms with Gasteiger partial charge < -0.3 is 15.5 Å². The minimum Gasteiger partial charge on any atom is -0.393 e. The molecule has 4 fully saturated rings. The lowest BCUT2D eigenvalue weighted by Gasteiger charge is -2.62. The summed E-state index contributed by atoms with van der Waals surface area (Å²) in [7, 11) is -4.17. The Morgan fingerprint density at radius 1 is 1.03 bits per heavy atom. The second-order valence-corrected chi connectivity index (χ2v) is 15.6. The van der Waals surface area contributed by atoms with E-state index in [9.17, 15) is 23.4 Å². The highest BCUT2D eigenvalue weighted by molar-refractivity contribution is 7.85. The SMILES string of the molecule is C[C@H](CCC(=O)NC(C)(C)CS(=O)(=O)O)[C@H]1CC[C@H]2[C@@H]3[C@@H](O)C[C@@H]4C[C@H](O)CC[C@]4(C)[C@H]3CC[C@]12C. The second-order valence-electron chi connectivity index (χ2n) is 14.1. The smallest absolute Gasteiger partial charge is 0.267 e. The molecule has 4 N–H and O–H groups in total. The van der Waals surface area contributed by atoms with Crippen LogP contribution in [-0.4, -0.2) is 52.6 Å². The molecular formula is C28H49NO6S. The molecule has 0 aromatic heterocycles. The Morgan fingerprint density at radius 2 is 1.67 bits per heavy atom. The number of aliphatic hydroxyl groups is 2. The zero-order chi connectivity index (χ0) is 26.7. The summed E-state index contributed by atoms with van der Waals surface area (Å²) >= 11 is 0. The third kappa shape index (κ3) is 5.39. The molecule has 0 aromatic rings. The predicted octanol–water partition coefficient (Wildman–Crippen LogP) is 4.18. The third-order valence-corrected chi connectivity index (χ3v) is 12.4. The molecule has 10 atom stereocenters. The summed E-state index contributed by atoms with van der Waals surface area (Å²) in [5.41, 5.74) is -0.627. The van der Waals surface area contributed by atoms with Crippen LogP contribution in [0, 0.1) is 46.3 Å². The Morgan fingerprint density at radius 3 is 2.33 bits per heavy atom. The summed E-state index contributed by atoms with van der Waals surface area (Å²) in [6.07, 6.45) is 8.77. The molecule has 0 saturated heterocycles. The lowest BCUT2D eigenvalue weighted by molar-refractivity contribution is -0.174.